The van der Waals surface area contributed by atoms with Gasteiger partial charge >= 0.3 is 0 Å². The molecule has 1 N–H and O–H groups in total. The fourth-order valence-corrected chi connectivity index (χ4v) is 3.36. The van der Waals surface area contributed by atoms with E-state index in [1.54, 1.807) is 11.8 Å². The van der Waals surface area contributed by atoms with Crippen LogP contribution in [0.5, 0.6) is 0 Å². The van der Waals surface area contributed by atoms with E-state index < -0.39 is 0 Å². The summed E-state index contributed by atoms with van der Waals surface area (Å²) in [5.41, 5.74) is 0. The molecule has 1 saturated heterocycles. The Morgan fingerprint density at radius 2 is 2.12 bits per heavy atom. The largest absolute Gasteiger partial charge is 0.464 e. The van der Waals surface area contributed by atoms with Gasteiger partial charge < -0.3 is 19.5 Å². The van der Waals surface area contributed by atoms with Crippen molar-refractivity contribution in [3.05, 3.63) is 45.8 Å². The first-order valence-electron chi connectivity index (χ1n) is 8.19. The van der Waals surface area contributed by atoms with Crippen LogP contribution in [0.1, 0.15) is 24.4 Å². The van der Waals surface area contributed by atoms with E-state index in [9.17, 15) is 10.1 Å². The van der Waals surface area contributed by atoms with Crippen molar-refractivity contribution in [2.75, 3.05) is 39.5 Å². The van der Waals surface area contributed by atoms with Crippen LogP contribution in [0, 0.1) is 10.1 Å². The molecule has 1 aliphatic heterocycles. The van der Waals surface area contributed by atoms with E-state index in [1.165, 1.54) is 0 Å². The van der Waals surface area contributed by atoms with E-state index in [4.69, 9.17) is 4.42 Å². The summed E-state index contributed by atoms with van der Waals surface area (Å²) in [5.74, 6) is 4.25. The summed E-state index contributed by atoms with van der Waals surface area (Å²) in [4.78, 5) is 14.5. The van der Waals surface area contributed by atoms with Gasteiger partial charge in [0.25, 0.3) is 6.20 Å². The molecular weight excluding hydrogens is 328 g/mol. The lowest BCUT2D eigenvalue weighted by molar-refractivity contribution is -0.404. The molecule has 0 amide bonds. The maximum absolute atomic E-state index is 10.8. The van der Waals surface area contributed by atoms with Crippen molar-refractivity contribution in [1.29, 1.82) is 0 Å². The molecule has 0 aliphatic carbocycles. The first-order chi connectivity index (χ1) is 11.5. The normalized spacial score (nSPS) is 15.3. The molecule has 0 atom stereocenters. The second kappa shape index (κ2) is 9.58. The Kier molecular flexibility index (Phi) is 7.45. The van der Waals surface area contributed by atoms with Gasteiger partial charge in [-0.1, -0.05) is 0 Å². The number of thioether (sulfide) groups is 1. The van der Waals surface area contributed by atoms with Gasteiger partial charge in [-0.05, 0) is 39.1 Å². The van der Waals surface area contributed by atoms with Crippen LogP contribution in [0.3, 0.4) is 0 Å². The molecule has 2 heterocycles. The summed E-state index contributed by atoms with van der Waals surface area (Å²) >= 11 is 1.76. The highest BCUT2D eigenvalue weighted by molar-refractivity contribution is 7.98. The summed E-state index contributed by atoms with van der Waals surface area (Å²) in [5, 5.41) is 14.0. The van der Waals surface area contributed by atoms with Crippen molar-refractivity contribution in [2.45, 2.75) is 25.1 Å². The Morgan fingerprint density at radius 3 is 2.79 bits per heavy atom. The second-order valence-electron chi connectivity index (χ2n) is 6.08. The summed E-state index contributed by atoms with van der Waals surface area (Å²) in [6, 6.07) is 4.03. The van der Waals surface area contributed by atoms with Crippen LogP contribution in [0.2, 0.25) is 0 Å². The van der Waals surface area contributed by atoms with Crippen molar-refractivity contribution in [3.8, 4) is 0 Å². The minimum absolute atomic E-state index is 0.386. The predicted octanol–water partition coefficient (Wildman–Crippen LogP) is 2.34. The van der Waals surface area contributed by atoms with E-state index in [0.29, 0.717) is 12.4 Å². The van der Waals surface area contributed by atoms with E-state index in [1.807, 2.05) is 31.1 Å². The van der Waals surface area contributed by atoms with E-state index >= 15 is 0 Å². The molecule has 0 unspecified atom stereocenters. The maximum Gasteiger partial charge on any atom is 0.274 e. The molecule has 8 heteroatoms. The fourth-order valence-electron chi connectivity index (χ4n) is 2.62. The summed E-state index contributed by atoms with van der Waals surface area (Å²) < 4.78 is 5.76. The van der Waals surface area contributed by atoms with Gasteiger partial charge in [0, 0.05) is 25.4 Å². The van der Waals surface area contributed by atoms with Gasteiger partial charge in [-0.25, -0.2) is 0 Å². The van der Waals surface area contributed by atoms with Gasteiger partial charge in [-0.15, -0.1) is 0 Å². The van der Waals surface area contributed by atoms with E-state index in [-0.39, 0.29) is 4.92 Å². The fraction of sp³-hybridized carbons (Fsp3) is 0.625. The van der Waals surface area contributed by atoms with Crippen molar-refractivity contribution in [3.63, 3.8) is 0 Å². The first-order valence-corrected chi connectivity index (χ1v) is 9.34. The average molecular weight is 354 g/mol. The van der Waals surface area contributed by atoms with Gasteiger partial charge in [-0.2, -0.15) is 11.8 Å². The molecule has 0 saturated carbocycles. The maximum atomic E-state index is 10.8. The van der Waals surface area contributed by atoms with Crippen LogP contribution in [-0.4, -0.2) is 54.2 Å². The smallest absolute Gasteiger partial charge is 0.274 e. The summed E-state index contributed by atoms with van der Waals surface area (Å²) in [6.45, 7) is 3.28. The zero-order valence-corrected chi connectivity index (χ0v) is 15.2. The Balaban J connectivity index is 1.69. The van der Waals surface area contributed by atoms with E-state index in [0.717, 1.165) is 61.7 Å². The van der Waals surface area contributed by atoms with Crippen molar-refractivity contribution < 1.29 is 9.34 Å². The van der Waals surface area contributed by atoms with Crippen molar-refractivity contribution >= 4 is 11.8 Å². The van der Waals surface area contributed by atoms with Gasteiger partial charge in [0.15, 0.2) is 5.82 Å². The van der Waals surface area contributed by atoms with Crippen LogP contribution in [-0.2, 0) is 12.3 Å². The standard InChI is InChI=1S/C16H26N4O3S/c1-18(2)11-14-5-6-15(23-14)13-24-10-7-17-16(12-20(21)22)19-8-3-4-9-19/h5-6,12,17H,3-4,7-11,13H2,1-2H3. The van der Waals surface area contributed by atoms with Gasteiger partial charge in [0.1, 0.15) is 11.5 Å². The van der Waals surface area contributed by atoms with Gasteiger partial charge in [-0.3, -0.25) is 10.1 Å². The Morgan fingerprint density at radius 1 is 1.42 bits per heavy atom. The molecule has 7 nitrogen and oxygen atoms in total. The lowest BCUT2D eigenvalue weighted by atomic mass is 10.4. The highest BCUT2D eigenvalue weighted by Gasteiger charge is 2.17. The van der Waals surface area contributed by atoms with Crippen LogP contribution < -0.4 is 5.32 Å². The minimum Gasteiger partial charge on any atom is -0.464 e. The molecule has 1 fully saturated rings. The SMILES string of the molecule is CN(C)Cc1ccc(CSCCNC(=C[N+](=O)[O-])N2CCCC2)o1. The highest BCUT2D eigenvalue weighted by atomic mass is 32.2. The topological polar surface area (TPSA) is 74.8 Å². The molecule has 134 valence electrons. The number of rotatable bonds is 10. The first kappa shape index (κ1) is 18.7. The molecule has 1 aromatic rings. The molecule has 0 spiro atoms. The van der Waals surface area contributed by atoms with Crippen LogP contribution in [0.25, 0.3) is 0 Å². The number of furan rings is 1. The molecule has 0 bridgehead atoms. The summed E-state index contributed by atoms with van der Waals surface area (Å²) in [7, 11) is 4.03. The minimum atomic E-state index is -0.386. The van der Waals surface area contributed by atoms with Crippen molar-refractivity contribution in [1.82, 2.24) is 15.1 Å². The molecule has 2 rings (SSSR count). The predicted molar refractivity (Wildman–Crippen MR) is 96.1 cm³/mol. The number of hydrogen-bond donors (Lipinski definition) is 1. The number of nitrogens with one attached hydrogen (secondary N) is 1. The Bertz CT molecular complexity index is 553. The van der Waals surface area contributed by atoms with Crippen LogP contribution in [0.15, 0.2) is 28.6 Å². The average Bonchev–Trinajstić information content (AvgIpc) is 3.16. The molecule has 0 aromatic carbocycles. The molecule has 1 aliphatic rings. The number of nitrogens with zero attached hydrogens (tertiary/aromatic N) is 3. The highest BCUT2D eigenvalue weighted by Crippen LogP contribution is 2.17. The monoisotopic (exact) mass is 354 g/mol. The third kappa shape index (κ3) is 6.45. The third-order valence-electron chi connectivity index (χ3n) is 3.66. The molecular formula is C16H26N4O3S. The quantitative estimate of drug-likeness (QED) is 0.393. The van der Waals surface area contributed by atoms with E-state index in [2.05, 4.69) is 10.2 Å². The van der Waals surface area contributed by atoms with Gasteiger partial charge in [0.05, 0.1) is 17.2 Å². The summed E-state index contributed by atoms with van der Waals surface area (Å²) in [6.07, 6.45) is 3.27. The molecule has 24 heavy (non-hydrogen) atoms. The number of hydrogen-bond acceptors (Lipinski definition) is 7. The zero-order valence-electron chi connectivity index (χ0n) is 14.4. The third-order valence-corrected chi connectivity index (χ3v) is 4.64. The molecule has 0 radical (unpaired) electrons. The lowest BCUT2D eigenvalue weighted by Crippen LogP contribution is -2.31. The number of nitro groups is 1. The molecule has 1 aromatic heterocycles. The lowest BCUT2D eigenvalue weighted by Gasteiger charge is -2.20. The van der Waals surface area contributed by atoms with Gasteiger partial charge in [0.2, 0.25) is 0 Å². The van der Waals surface area contributed by atoms with Crippen LogP contribution in [0.4, 0.5) is 0 Å². The van der Waals surface area contributed by atoms with Crippen molar-refractivity contribution in [2.24, 2.45) is 0 Å². The Hall–Kier alpha value is -1.67. The van der Waals surface area contributed by atoms with Crippen LogP contribution >= 0.6 is 11.8 Å². The number of likely N-dealkylation sites (tertiary alicyclic amines) is 1. The zero-order chi connectivity index (χ0) is 17.4. The Labute approximate surface area is 147 Å². The second-order valence-corrected chi connectivity index (χ2v) is 7.18.